The first-order valence-electron chi connectivity index (χ1n) is 11.8. The molecule has 0 aliphatic carbocycles. The van der Waals surface area contributed by atoms with Gasteiger partial charge < -0.3 is 4.90 Å². The maximum Gasteiger partial charge on any atom is 0.222 e. The number of rotatable bonds is 4. The molecular formula is C28H39ClN2O. The normalized spacial score (nSPS) is 15.6. The molecule has 1 aliphatic rings. The molecule has 1 saturated heterocycles. The summed E-state index contributed by atoms with van der Waals surface area (Å²) in [6.07, 6.45) is 4.25. The fourth-order valence-corrected chi connectivity index (χ4v) is 4.03. The van der Waals surface area contributed by atoms with E-state index in [4.69, 9.17) is 16.9 Å². The van der Waals surface area contributed by atoms with E-state index in [9.17, 15) is 4.79 Å². The van der Waals surface area contributed by atoms with Crippen LogP contribution < -0.4 is 0 Å². The number of nitrogens with zero attached hydrogens (tertiary/aromatic N) is 2. The Morgan fingerprint density at radius 3 is 2.38 bits per heavy atom. The summed E-state index contributed by atoms with van der Waals surface area (Å²) >= 11 is 5.71. The third-order valence-corrected chi connectivity index (χ3v) is 6.53. The minimum absolute atomic E-state index is 0.325. The Kier molecular flexibility index (Phi) is 12.7. The van der Waals surface area contributed by atoms with Crippen molar-refractivity contribution in [3.8, 4) is 6.07 Å². The van der Waals surface area contributed by atoms with Gasteiger partial charge in [-0.15, -0.1) is 0 Å². The molecule has 0 aromatic heterocycles. The Labute approximate surface area is 200 Å². The van der Waals surface area contributed by atoms with Crippen LogP contribution in [0.15, 0.2) is 42.5 Å². The number of amides is 1. The van der Waals surface area contributed by atoms with Gasteiger partial charge in [-0.1, -0.05) is 76.0 Å². The molecule has 0 spiro atoms. The Hall–Kier alpha value is -2.31. The molecule has 3 rings (SSSR count). The zero-order valence-electron chi connectivity index (χ0n) is 20.6. The maximum atomic E-state index is 11.4. The molecule has 3 nitrogen and oxygen atoms in total. The molecule has 1 aliphatic heterocycles. The number of likely N-dealkylation sites (tertiary alicyclic amines) is 1. The van der Waals surface area contributed by atoms with Crippen LogP contribution in [0.2, 0.25) is 5.02 Å². The summed E-state index contributed by atoms with van der Waals surface area (Å²) in [5.74, 6) is 1.85. The summed E-state index contributed by atoms with van der Waals surface area (Å²) in [4.78, 5) is 13.4. The average molecular weight is 455 g/mol. The van der Waals surface area contributed by atoms with Crippen molar-refractivity contribution < 1.29 is 4.79 Å². The van der Waals surface area contributed by atoms with Gasteiger partial charge in [-0.2, -0.15) is 5.26 Å². The summed E-state index contributed by atoms with van der Waals surface area (Å²) in [5.41, 5.74) is 4.47. The predicted molar refractivity (Wildman–Crippen MR) is 136 cm³/mol. The lowest BCUT2D eigenvalue weighted by atomic mass is 9.91. The maximum absolute atomic E-state index is 11.4. The van der Waals surface area contributed by atoms with Gasteiger partial charge in [0.15, 0.2) is 0 Å². The van der Waals surface area contributed by atoms with Crippen LogP contribution >= 0.6 is 11.6 Å². The summed E-state index contributed by atoms with van der Waals surface area (Å²) in [6.45, 7) is 14.7. The Morgan fingerprint density at radius 1 is 1.19 bits per heavy atom. The minimum Gasteiger partial charge on any atom is -0.342 e. The van der Waals surface area contributed by atoms with E-state index in [0.29, 0.717) is 22.9 Å². The van der Waals surface area contributed by atoms with E-state index in [1.807, 2.05) is 30.9 Å². The third-order valence-electron chi connectivity index (χ3n) is 6.22. The van der Waals surface area contributed by atoms with Gasteiger partial charge in [-0.05, 0) is 67.3 Å². The predicted octanol–water partition coefficient (Wildman–Crippen LogP) is 7.37. The first kappa shape index (κ1) is 27.7. The second kappa shape index (κ2) is 14.7. The van der Waals surface area contributed by atoms with Gasteiger partial charge in [0.05, 0.1) is 10.6 Å². The van der Waals surface area contributed by atoms with E-state index < -0.39 is 0 Å². The van der Waals surface area contributed by atoms with Gasteiger partial charge in [-0.25, -0.2) is 0 Å². The van der Waals surface area contributed by atoms with Crippen molar-refractivity contribution >= 4 is 17.5 Å². The molecule has 2 atom stereocenters. The van der Waals surface area contributed by atoms with Crippen molar-refractivity contribution in [3.63, 3.8) is 0 Å². The molecule has 0 saturated carbocycles. The standard InChI is InChI=1S/C11H21NO.C9H12.C8H6ClN/c1-4-9(3)10-6-7-12(8-10)11(13)5-2;1-3-9-7-5-4-6-8(9)2;1-6-2-3-7(5-10)8(9)4-6/h9-10H,4-8H2,1-3H3;4-7H,3H2,1-2H3;2-4H,1H3. The molecule has 0 bridgehead atoms. The smallest absolute Gasteiger partial charge is 0.222 e. The quantitative estimate of drug-likeness (QED) is 0.484. The van der Waals surface area contributed by atoms with Crippen molar-refractivity contribution in [1.29, 1.82) is 5.26 Å². The average Bonchev–Trinajstić information content (AvgIpc) is 3.30. The number of nitriles is 1. The molecule has 2 aromatic rings. The second-order valence-corrected chi connectivity index (χ2v) is 8.91. The van der Waals surface area contributed by atoms with Crippen LogP contribution in [0, 0.1) is 37.0 Å². The van der Waals surface area contributed by atoms with Crippen LogP contribution in [-0.4, -0.2) is 23.9 Å². The number of hydrogen-bond donors (Lipinski definition) is 0. The van der Waals surface area contributed by atoms with Gasteiger partial charge in [0, 0.05) is 19.5 Å². The van der Waals surface area contributed by atoms with Gasteiger partial charge in [0.1, 0.15) is 6.07 Å². The molecule has 32 heavy (non-hydrogen) atoms. The van der Waals surface area contributed by atoms with Crippen LogP contribution in [0.3, 0.4) is 0 Å². The SMILES string of the molecule is CCC(=O)N1CCC(C(C)CC)C1.CCc1ccccc1C.Cc1ccc(C#N)c(Cl)c1. The van der Waals surface area contributed by atoms with E-state index >= 15 is 0 Å². The monoisotopic (exact) mass is 454 g/mol. The molecule has 4 heteroatoms. The third kappa shape index (κ3) is 9.05. The topological polar surface area (TPSA) is 44.1 Å². The Morgan fingerprint density at radius 2 is 1.88 bits per heavy atom. The van der Waals surface area contributed by atoms with Crippen LogP contribution in [-0.2, 0) is 11.2 Å². The first-order chi connectivity index (χ1) is 15.3. The first-order valence-corrected chi connectivity index (χ1v) is 12.1. The molecule has 1 heterocycles. The molecule has 0 N–H and O–H groups in total. The Balaban J connectivity index is 0.000000245. The van der Waals surface area contributed by atoms with Crippen LogP contribution in [0.1, 0.15) is 69.2 Å². The fraction of sp³-hybridized carbons (Fsp3) is 0.500. The molecule has 2 aromatic carbocycles. The molecule has 1 fully saturated rings. The van der Waals surface area contributed by atoms with Crippen molar-refractivity contribution in [2.24, 2.45) is 11.8 Å². The number of benzene rings is 2. The van der Waals surface area contributed by atoms with E-state index in [1.165, 1.54) is 24.0 Å². The van der Waals surface area contributed by atoms with Crippen molar-refractivity contribution in [3.05, 3.63) is 69.7 Å². The summed E-state index contributed by atoms with van der Waals surface area (Å²) < 4.78 is 0. The van der Waals surface area contributed by atoms with Crippen molar-refractivity contribution in [1.82, 2.24) is 4.90 Å². The lowest BCUT2D eigenvalue weighted by molar-refractivity contribution is -0.129. The van der Waals surface area contributed by atoms with Crippen LogP contribution in [0.5, 0.6) is 0 Å². The van der Waals surface area contributed by atoms with E-state index in [0.717, 1.165) is 36.9 Å². The largest absolute Gasteiger partial charge is 0.342 e. The number of carbonyl (C=O) groups is 1. The zero-order chi connectivity index (χ0) is 24.1. The minimum atomic E-state index is 0.325. The highest BCUT2D eigenvalue weighted by Gasteiger charge is 2.27. The Bertz CT molecular complexity index is 887. The highest BCUT2D eigenvalue weighted by molar-refractivity contribution is 6.31. The van der Waals surface area contributed by atoms with Crippen molar-refractivity contribution in [2.45, 2.75) is 67.2 Å². The van der Waals surface area contributed by atoms with Gasteiger partial charge in [0.25, 0.3) is 0 Å². The lowest BCUT2D eigenvalue weighted by Gasteiger charge is -2.18. The van der Waals surface area contributed by atoms with E-state index in [2.05, 4.69) is 52.0 Å². The highest BCUT2D eigenvalue weighted by atomic mass is 35.5. The number of hydrogen-bond acceptors (Lipinski definition) is 2. The number of carbonyl (C=O) groups excluding carboxylic acids is 1. The molecule has 2 unspecified atom stereocenters. The molecule has 1 amide bonds. The van der Waals surface area contributed by atoms with E-state index in [1.54, 1.807) is 12.1 Å². The summed E-state index contributed by atoms with van der Waals surface area (Å²) in [7, 11) is 0. The van der Waals surface area contributed by atoms with Gasteiger partial charge in [0.2, 0.25) is 5.91 Å². The highest BCUT2D eigenvalue weighted by Crippen LogP contribution is 2.26. The van der Waals surface area contributed by atoms with Gasteiger partial charge in [-0.3, -0.25) is 4.79 Å². The number of halogens is 1. The van der Waals surface area contributed by atoms with E-state index in [-0.39, 0.29) is 0 Å². The molecule has 0 radical (unpaired) electrons. The lowest BCUT2D eigenvalue weighted by Crippen LogP contribution is -2.28. The zero-order valence-corrected chi connectivity index (χ0v) is 21.4. The van der Waals surface area contributed by atoms with Crippen molar-refractivity contribution in [2.75, 3.05) is 13.1 Å². The van der Waals surface area contributed by atoms with Crippen LogP contribution in [0.4, 0.5) is 0 Å². The second-order valence-electron chi connectivity index (χ2n) is 8.50. The fourth-order valence-electron chi connectivity index (χ4n) is 3.75. The number of aryl methyl sites for hydroxylation is 3. The van der Waals surface area contributed by atoms with Gasteiger partial charge >= 0.3 is 0 Å². The molecule has 174 valence electrons. The summed E-state index contributed by atoms with van der Waals surface area (Å²) in [6, 6.07) is 15.8. The van der Waals surface area contributed by atoms with Crippen LogP contribution in [0.25, 0.3) is 0 Å². The summed E-state index contributed by atoms with van der Waals surface area (Å²) in [5, 5.41) is 9.00. The molecular weight excluding hydrogens is 416 g/mol.